The second-order valence-corrected chi connectivity index (χ2v) is 7.51. The van der Waals surface area contributed by atoms with Crippen molar-refractivity contribution in [3.05, 3.63) is 33.5 Å². The first-order valence-corrected chi connectivity index (χ1v) is 9.29. The minimum atomic E-state index is -0.0617. The molecule has 0 fully saturated rings. The number of aromatic nitrogens is 4. The number of nitrogens with zero attached hydrogens (tertiary/aromatic N) is 4. The zero-order chi connectivity index (χ0) is 16.4. The summed E-state index contributed by atoms with van der Waals surface area (Å²) in [6.07, 6.45) is 2.97. The smallest absolute Gasteiger partial charge is 0.262 e. The summed E-state index contributed by atoms with van der Waals surface area (Å²) in [7, 11) is 1.74. The van der Waals surface area contributed by atoms with Crippen LogP contribution in [-0.2, 0) is 13.5 Å². The fourth-order valence-corrected chi connectivity index (χ4v) is 3.87. The summed E-state index contributed by atoms with van der Waals surface area (Å²) in [6.45, 7) is 4.11. The summed E-state index contributed by atoms with van der Waals surface area (Å²) < 4.78 is 6.92. The third-order valence-corrected chi connectivity index (χ3v) is 5.47. The van der Waals surface area contributed by atoms with Gasteiger partial charge in [0.2, 0.25) is 5.89 Å². The predicted octanol–water partition coefficient (Wildman–Crippen LogP) is 3.57. The van der Waals surface area contributed by atoms with E-state index >= 15 is 0 Å². The summed E-state index contributed by atoms with van der Waals surface area (Å²) in [5, 5.41) is 7.15. The Morgan fingerprint density at radius 2 is 2.26 bits per heavy atom. The standard InChI is InChI=1S/C15H18N4O2S2/c1-4-5-6-11-16-12(21-18-11)9(2)23-15-17-13-10(7-8-22-13)14(20)19(15)3/h7-9H,4-6H2,1-3H3. The van der Waals surface area contributed by atoms with Crippen LogP contribution in [0.3, 0.4) is 0 Å². The zero-order valence-corrected chi connectivity index (χ0v) is 14.9. The molecule has 0 aliphatic rings. The van der Waals surface area contributed by atoms with Crippen molar-refractivity contribution >= 4 is 33.3 Å². The summed E-state index contributed by atoms with van der Waals surface area (Å²) in [5.41, 5.74) is -0.0277. The van der Waals surface area contributed by atoms with Crippen molar-refractivity contribution in [1.29, 1.82) is 0 Å². The van der Waals surface area contributed by atoms with Crippen LogP contribution in [-0.4, -0.2) is 19.7 Å². The highest BCUT2D eigenvalue weighted by atomic mass is 32.2. The number of thioether (sulfide) groups is 1. The molecule has 122 valence electrons. The predicted molar refractivity (Wildman–Crippen MR) is 92.0 cm³/mol. The van der Waals surface area contributed by atoms with E-state index in [9.17, 15) is 4.79 Å². The van der Waals surface area contributed by atoms with Gasteiger partial charge in [-0.15, -0.1) is 11.3 Å². The first kappa shape index (κ1) is 16.2. The molecule has 0 N–H and O–H groups in total. The highest BCUT2D eigenvalue weighted by molar-refractivity contribution is 7.99. The molecule has 3 heterocycles. The summed E-state index contributed by atoms with van der Waals surface area (Å²) in [4.78, 5) is 22.1. The number of thiophene rings is 1. The van der Waals surface area contributed by atoms with E-state index in [4.69, 9.17) is 4.52 Å². The van der Waals surface area contributed by atoms with Crippen molar-refractivity contribution in [1.82, 2.24) is 19.7 Å². The molecule has 23 heavy (non-hydrogen) atoms. The van der Waals surface area contributed by atoms with Crippen LogP contribution in [0.5, 0.6) is 0 Å². The summed E-state index contributed by atoms with van der Waals surface area (Å²) >= 11 is 2.93. The molecule has 3 aromatic rings. The lowest BCUT2D eigenvalue weighted by molar-refractivity contribution is 0.374. The van der Waals surface area contributed by atoms with Crippen molar-refractivity contribution in [3.63, 3.8) is 0 Å². The van der Waals surface area contributed by atoms with Gasteiger partial charge in [0.25, 0.3) is 5.56 Å². The maximum atomic E-state index is 12.3. The molecule has 0 bridgehead atoms. The number of rotatable bonds is 6. The van der Waals surface area contributed by atoms with Crippen LogP contribution in [0.1, 0.15) is 43.7 Å². The van der Waals surface area contributed by atoms with E-state index in [1.807, 2.05) is 18.4 Å². The molecular formula is C15H18N4O2S2. The lowest BCUT2D eigenvalue weighted by Crippen LogP contribution is -2.19. The first-order chi connectivity index (χ1) is 11.1. The molecule has 1 unspecified atom stereocenters. The minimum absolute atomic E-state index is 0.0277. The molecule has 0 aromatic carbocycles. The van der Waals surface area contributed by atoms with E-state index < -0.39 is 0 Å². The second-order valence-electron chi connectivity index (χ2n) is 5.31. The van der Waals surface area contributed by atoms with Crippen molar-refractivity contribution in [2.75, 3.05) is 0 Å². The van der Waals surface area contributed by atoms with Crippen LogP contribution in [0.15, 0.2) is 25.9 Å². The van der Waals surface area contributed by atoms with Gasteiger partial charge in [-0.1, -0.05) is 30.3 Å². The molecule has 0 radical (unpaired) electrons. The lowest BCUT2D eigenvalue weighted by Gasteiger charge is -2.09. The Morgan fingerprint density at radius 1 is 1.43 bits per heavy atom. The quantitative estimate of drug-likeness (QED) is 0.500. The average molecular weight is 350 g/mol. The van der Waals surface area contributed by atoms with E-state index in [0.717, 1.165) is 29.9 Å². The van der Waals surface area contributed by atoms with E-state index in [0.29, 0.717) is 16.4 Å². The molecule has 3 rings (SSSR count). The minimum Gasteiger partial charge on any atom is -0.338 e. The van der Waals surface area contributed by atoms with Crippen molar-refractivity contribution in [2.24, 2.45) is 7.05 Å². The van der Waals surface area contributed by atoms with Crippen LogP contribution < -0.4 is 5.56 Å². The molecular weight excluding hydrogens is 332 g/mol. The Hall–Kier alpha value is -1.67. The third-order valence-electron chi connectivity index (χ3n) is 3.53. The van der Waals surface area contributed by atoms with Gasteiger partial charge >= 0.3 is 0 Å². The second kappa shape index (κ2) is 6.84. The van der Waals surface area contributed by atoms with Crippen LogP contribution in [0.2, 0.25) is 0 Å². The molecule has 0 saturated carbocycles. The normalized spacial score (nSPS) is 12.8. The van der Waals surface area contributed by atoms with E-state index in [2.05, 4.69) is 22.0 Å². The summed E-state index contributed by atoms with van der Waals surface area (Å²) in [6, 6.07) is 1.81. The van der Waals surface area contributed by atoms with Crippen LogP contribution in [0, 0.1) is 0 Å². The van der Waals surface area contributed by atoms with Gasteiger partial charge in [-0.2, -0.15) is 4.98 Å². The van der Waals surface area contributed by atoms with Crippen molar-refractivity contribution in [2.45, 2.75) is 43.5 Å². The molecule has 0 aliphatic carbocycles. The molecule has 0 saturated heterocycles. The SMILES string of the molecule is CCCCc1noc(C(C)Sc2nc3sccc3c(=O)n2C)n1. The van der Waals surface area contributed by atoms with Gasteiger partial charge in [0.15, 0.2) is 11.0 Å². The molecule has 3 aromatic heterocycles. The molecule has 0 amide bonds. The number of fused-ring (bicyclic) bond motifs is 1. The monoisotopic (exact) mass is 350 g/mol. The number of hydrogen-bond acceptors (Lipinski definition) is 7. The zero-order valence-electron chi connectivity index (χ0n) is 13.3. The molecule has 6 nitrogen and oxygen atoms in total. The molecule has 8 heteroatoms. The maximum Gasteiger partial charge on any atom is 0.262 e. The van der Waals surface area contributed by atoms with Crippen LogP contribution in [0.4, 0.5) is 0 Å². The Labute approximate surface area is 141 Å². The lowest BCUT2D eigenvalue weighted by atomic mass is 10.2. The average Bonchev–Trinajstić information content (AvgIpc) is 3.19. The third kappa shape index (κ3) is 3.32. The first-order valence-electron chi connectivity index (χ1n) is 7.53. The Kier molecular flexibility index (Phi) is 4.82. The highest BCUT2D eigenvalue weighted by Crippen LogP contribution is 2.33. The Balaban J connectivity index is 1.82. The molecule has 1 atom stereocenters. The van der Waals surface area contributed by atoms with Gasteiger partial charge in [-0.05, 0) is 24.8 Å². The highest BCUT2D eigenvalue weighted by Gasteiger charge is 2.19. The van der Waals surface area contributed by atoms with Gasteiger partial charge in [-0.25, -0.2) is 4.98 Å². The number of unbranched alkanes of at least 4 members (excludes halogenated alkanes) is 1. The van der Waals surface area contributed by atoms with Crippen molar-refractivity contribution in [3.8, 4) is 0 Å². The fraction of sp³-hybridized carbons (Fsp3) is 0.467. The van der Waals surface area contributed by atoms with Gasteiger partial charge in [0.1, 0.15) is 4.83 Å². The largest absolute Gasteiger partial charge is 0.338 e. The van der Waals surface area contributed by atoms with E-state index in [1.165, 1.54) is 23.1 Å². The maximum absolute atomic E-state index is 12.3. The van der Waals surface area contributed by atoms with Crippen LogP contribution >= 0.6 is 23.1 Å². The van der Waals surface area contributed by atoms with Gasteiger partial charge in [0.05, 0.1) is 10.6 Å². The van der Waals surface area contributed by atoms with Gasteiger partial charge in [-0.3, -0.25) is 9.36 Å². The summed E-state index contributed by atoms with van der Waals surface area (Å²) in [5.74, 6) is 1.31. The van der Waals surface area contributed by atoms with Crippen molar-refractivity contribution < 1.29 is 4.52 Å². The van der Waals surface area contributed by atoms with Gasteiger partial charge < -0.3 is 4.52 Å². The van der Waals surface area contributed by atoms with Gasteiger partial charge in [0, 0.05) is 13.5 Å². The molecule has 0 spiro atoms. The van der Waals surface area contributed by atoms with E-state index in [-0.39, 0.29) is 10.8 Å². The Bertz CT molecular complexity index is 868. The number of hydrogen-bond donors (Lipinski definition) is 0. The van der Waals surface area contributed by atoms with Crippen LogP contribution in [0.25, 0.3) is 10.2 Å². The molecule has 0 aliphatic heterocycles. The number of aryl methyl sites for hydroxylation is 1. The Morgan fingerprint density at radius 3 is 3.04 bits per heavy atom. The van der Waals surface area contributed by atoms with E-state index in [1.54, 1.807) is 11.6 Å². The topological polar surface area (TPSA) is 73.8 Å². The fourth-order valence-electron chi connectivity index (χ4n) is 2.16.